The van der Waals surface area contributed by atoms with Crippen LogP contribution in [0.2, 0.25) is 0 Å². The van der Waals surface area contributed by atoms with Crippen molar-refractivity contribution in [2.45, 2.75) is 40.2 Å². The molecule has 0 bridgehead atoms. The molecule has 1 amide bonds. The lowest BCUT2D eigenvalue weighted by atomic mass is 9.99. The van der Waals surface area contributed by atoms with Gasteiger partial charge in [0.25, 0.3) is 5.91 Å². The summed E-state index contributed by atoms with van der Waals surface area (Å²) in [6.07, 6.45) is 2.57. The number of nitrogens with one attached hydrogen (secondary N) is 1. The van der Waals surface area contributed by atoms with Crippen molar-refractivity contribution in [3.05, 3.63) is 59.7 Å². The minimum absolute atomic E-state index is 0.104. The highest BCUT2D eigenvalue weighted by Gasteiger charge is 2.15. The van der Waals surface area contributed by atoms with Crippen LogP contribution in [-0.2, 0) is 6.54 Å². The van der Waals surface area contributed by atoms with E-state index in [0.717, 1.165) is 23.9 Å². The third kappa shape index (κ3) is 6.10. The van der Waals surface area contributed by atoms with E-state index < -0.39 is 0 Å². The van der Waals surface area contributed by atoms with E-state index in [1.165, 1.54) is 31.5 Å². The van der Waals surface area contributed by atoms with Gasteiger partial charge in [-0.15, -0.1) is 0 Å². The van der Waals surface area contributed by atoms with Gasteiger partial charge in [-0.25, -0.2) is 0 Å². The van der Waals surface area contributed by atoms with Gasteiger partial charge in [-0.05, 0) is 79.7 Å². The predicted molar refractivity (Wildman–Crippen MR) is 115 cm³/mol. The first kappa shape index (κ1) is 20.4. The lowest BCUT2D eigenvalue weighted by Crippen LogP contribution is -2.32. The molecular weight excluding hydrogens is 348 g/mol. The van der Waals surface area contributed by atoms with Crippen LogP contribution in [0.5, 0.6) is 5.75 Å². The summed E-state index contributed by atoms with van der Waals surface area (Å²) >= 11 is 0. The Morgan fingerprint density at radius 3 is 2.32 bits per heavy atom. The molecule has 0 unspecified atom stereocenters. The highest BCUT2D eigenvalue weighted by Crippen LogP contribution is 2.19. The van der Waals surface area contributed by atoms with Crippen LogP contribution in [0.1, 0.15) is 49.5 Å². The second kappa shape index (κ2) is 9.74. The van der Waals surface area contributed by atoms with E-state index in [9.17, 15) is 4.79 Å². The van der Waals surface area contributed by atoms with E-state index in [2.05, 4.69) is 43.1 Å². The lowest BCUT2D eigenvalue weighted by molar-refractivity contribution is 0.102. The minimum Gasteiger partial charge on any atom is -0.493 e. The van der Waals surface area contributed by atoms with Gasteiger partial charge in [0.2, 0.25) is 0 Å². The zero-order valence-electron chi connectivity index (χ0n) is 17.3. The quantitative estimate of drug-likeness (QED) is 0.717. The summed E-state index contributed by atoms with van der Waals surface area (Å²) in [5, 5.41) is 2.97. The summed E-state index contributed by atoms with van der Waals surface area (Å²) in [6.45, 7) is 10.6. The third-order valence-electron chi connectivity index (χ3n) is 5.19. The van der Waals surface area contributed by atoms with Crippen LogP contribution in [-0.4, -0.2) is 30.5 Å². The number of nitrogens with zero attached hydrogens (tertiary/aromatic N) is 1. The maximum atomic E-state index is 12.5. The van der Waals surface area contributed by atoms with Crippen molar-refractivity contribution < 1.29 is 9.53 Å². The molecule has 0 saturated carbocycles. The summed E-state index contributed by atoms with van der Waals surface area (Å²) in [7, 11) is 0. The number of piperidine rings is 1. The molecule has 28 heavy (non-hydrogen) atoms. The van der Waals surface area contributed by atoms with E-state index in [1.54, 1.807) is 12.1 Å². The van der Waals surface area contributed by atoms with E-state index in [-0.39, 0.29) is 5.91 Å². The summed E-state index contributed by atoms with van der Waals surface area (Å²) in [5.74, 6) is 2.02. The van der Waals surface area contributed by atoms with Gasteiger partial charge in [-0.1, -0.05) is 32.9 Å². The molecule has 2 aromatic rings. The van der Waals surface area contributed by atoms with Crippen molar-refractivity contribution in [3.63, 3.8) is 0 Å². The van der Waals surface area contributed by atoms with Crippen LogP contribution >= 0.6 is 0 Å². The molecule has 4 heteroatoms. The fourth-order valence-corrected chi connectivity index (χ4v) is 3.34. The first-order chi connectivity index (χ1) is 13.5. The van der Waals surface area contributed by atoms with Gasteiger partial charge in [0.05, 0.1) is 6.61 Å². The molecule has 150 valence electrons. The topological polar surface area (TPSA) is 41.6 Å². The molecule has 0 spiro atoms. The van der Waals surface area contributed by atoms with Crippen molar-refractivity contribution in [2.75, 3.05) is 25.0 Å². The zero-order valence-corrected chi connectivity index (χ0v) is 17.3. The maximum Gasteiger partial charge on any atom is 0.255 e. The van der Waals surface area contributed by atoms with Gasteiger partial charge < -0.3 is 10.1 Å². The number of hydrogen-bond donors (Lipinski definition) is 1. The number of ether oxygens (including phenoxy) is 1. The van der Waals surface area contributed by atoms with Crippen LogP contribution < -0.4 is 10.1 Å². The van der Waals surface area contributed by atoms with Gasteiger partial charge in [0.1, 0.15) is 5.75 Å². The molecule has 1 saturated heterocycles. The highest BCUT2D eigenvalue weighted by atomic mass is 16.5. The number of amides is 1. The maximum absolute atomic E-state index is 12.5. The molecule has 2 aromatic carbocycles. The Morgan fingerprint density at radius 2 is 1.71 bits per heavy atom. The Labute approximate surface area is 168 Å². The molecular formula is C24H32N2O2. The fraction of sp³-hybridized carbons (Fsp3) is 0.458. The number of benzene rings is 2. The first-order valence-electron chi connectivity index (χ1n) is 10.3. The van der Waals surface area contributed by atoms with Crippen LogP contribution in [0, 0.1) is 11.8 Å². The summed E-state index contributed by atoms with van der Waals surface area (Å²) in [5.41, 5.74) is 2.74. The van der Waals surface area contributed by atoms with Crippen molar-refractivity contribution in [1.29, 1.82) is 0 Å². The van der Waals surface area contributed by atoms with Gasteiger partial charge in [0, 0.05) is 17.8 Å². The second-order valence-corrected chi connectivity index (χ2v) is 8.34. The average molecular weight is 381 g/mol. The Morgan fingerprint density at radius 1 is 1.07 bits per heavy atom. The Hall–Kier alpha value is -2.33. The SMILES string of the molecule is CC(C)COc1ccc(C(=O)Nc2ccc(CN3CCC(C)CC3)cc2)cc1. The molecule has 0 aliphatic carbocycles. The zero-order chi connectivity index (χ0) is 19.9. The van der Waals surface area contributed by atoms with Crippen LogP contribution in [0.15, 0.2) is 48.5 Å². The molecule has 0 aromatic heterocycles. The fourth-order valence-electron chi connectivity index (χ4n) is 3.34. The summed E-state index contributed by atoms with van der Waals surface area (Å²) < 4.78 is 5.67. The predicted octanol–water partition coefficient (Wildman–Crippen LogP) is 5.21. The van der Waals surface area contributed by atoms with Crippen LogP contribution in [0.25, 0.3) is 0 Å². The standard InChI is InChI=1S/C24H32N2O2/c1-18(2)17-28-23-10-6-21(7-11-23)24(27)25-22-8-4-20(5-9-22)16-26-14-12-19(3)13-15-26/h4-11,18-19H,12-17H2,1-3H3,(H,25,27). The molecule has 0 atom stereocenters. The normalized spacial score (nSPS) is 15.6. The van der Waals surface area contributed by atoms with Gasteiger partial charge in [0.15, 0.2) is 0 Å². The van der Waals surface area contributed by atoms with E-state index in [1.807, 2.05) is 24.3 Å². The molecule has 3 rings (SSSR count). The van der Waals surface area contributed by atoms with Gasteiger partial charge in [-0.3, -0.25) is 9.69 Å². The van der Waals surface area contributed by atoms with Gasteiger partial charge >= 0.3 is 0 Å². The lowest BCUT2D eigenvalue weighted by Gasteiger charge is -2.30. The largest absolute Gasteiger partial charge is 0.493 e. The smallest absolute Gasteiger partial charge is 0.255 e. The molecule has 1 aliphatic rings. The summed E-state index contributed by atoms with van der Waals surface area (Å²) in [4.78, 5) is 15.0. The van der Waals surface area contributed by atoms with Crippen LogP contribution in [0.4, 0.5) is 5.69 Å². The third-order valence-corrected chi connectivity index (χ3v) is 5.19. The highest BCUT2D eigenvalue weighted by molar-refractivity contribution is 6.04. The monoisotopic (exact) mass is 380 g/mol. The van der Waals surface area contributed by atoms with Crippen molar-refractivity contribution >= 4 is 11.6 Å². The Bertz CT molecular complexity index is 745. The molecule has 1 aliphatic heterocycles. The van der Waals surface area contributed by atoms with Crippen molar-refractivity contribution in [2.24, 2.45) is 11.8 Å². The number of rotatable bonds is 7. The first-order valence-corrected chi connectivity index (χ1v) is 10.3. The molecule has 1 N–H and O–H groups in total. The molecule has 0 radical (unpaired) electrons. The van der Waals surface area contributed by atoms with Crippen molar-refractivity contribution in [3.8, 4) is 5.75 Å². The van der Waals surface area contributed by atoms with Gasteiger partial charge in [-0.2, -0.15) is 0 Å². The number of likely N-dealkylation sites (tertiary alicyclic amines) is 1. The Kier molecular flexibility index (Phi) is 7.10. The number of carbonyl (C=O) groups is 1. The Balaban J connectivity index is 1.51. The van der Waals surface area contributed by atoms with E-state index in [4.69, 9.17) is 4.74 Å². The molecule has 1 fully saturated rings. The molecule has 1 heterocycles. The molecule has 4 nitrogen and oxygen atoms in total. The van der Waals surface area contributed by atoms with Crippen molar-refractivity contribution in [1.82, 2.24) is 4.90 Å². The number of carbonyl (C=O) groups excluding carboxylic acids is 1. The second-order valence-electron chi connectivity index (χ2n) is 8.34. The number of anilines is 1. The number of hydrogen-bond acceptors (Lipinski definition) is 3. The average Bonchev–Trinajstić information content (AvgIpc) is 2.70. The summed E-state index contributed by atoms with van der Waals surface area (Å²) in [6, 6.07) is 15.5. The van der Waals surface area contributed by atoms with E-state index >= 15 is 0 Å². The van der Waals surface area contributed by atoms with E-state index in [0.29, 0.717) is 18.1 Å². The van der Waals surface area contributed by atoms with Crippen LogP contribution in [0.3, 0.4) is 0 Å². The minimum atomic E-state index is -0.104.